The lowest BCUT2D eigenvalue weighted by molar-refractivity contribution is -0.128. The monoisotopic (exact) mass is 364 g/mol. The molecule has 3 aliphatic heterocycles. The topological polar surface area (TPSA) is 74.2 Å². The Labute approximate surface area is 156 Å². The molecule has 0 aromatic rings. The summed E-state index contributed by atoms with van der Waals surface area (Å²) in [5.41, 5.74) is 2.95. The van der Waals surface area contributed by atoms with E-state index in [1.165, 1.54) is 38.8 Å². The van der Waals surface area contributed by atoms with Gasteiger partial charge < -0.3 is 14.5 Å². The molecule has 0 aliphatic carbocycles. The van der Waals surface area contributed by atoms with Crippen LogP contribution in [0.5, 0.6) is 0 Å². The lowest BCUT2D eigenvalue weighted by Crippen LogP contribution is -2.48. The van der Waals surface area contributed by atoms with Crippen molar-refractivity contribution >= 4 is 17.5 Å². The van der Waals surface area contributed by atoms with E-state index < -0.39 is 0 Å². The maximum absolute atomic E-state index is 13.0. The van der Waals surface area contributed by atoms with E-state index in [0.29, 0.717) is 31.8 Å². The molecule has 2 amide bonds. The first-order valence-electron chi connectivity index (χ1n) is 10.2. The van der Waals surface area contributed by atoms with Crippen LogP contribution in [-0.2, 0) is 14.3 Å². The number of hydrogen-bond donors (Lipinski definition) is 1. The number of likely N-dealkylation sites (tertiary alicyclic amines) is 1. The van der Waals surface area contributed by atoms with E-state index in [2.05, 4.69) is 15.4 Å². The van der Waals surface area contributed by atoms with E-state index in [9.17, 15) is 9.59 Å². The quantitative estimate of drug-likeness (QED) is 0.776. The van der Waals surface area contributed by atoms with E-state index in [1.54, 1.807) is 0 Å². The second-order valence-electron chi connectivity index (χ2n) is 7.54. The molecule has 0 saturated carbocycles. The summed E-state index contributed by atoms with van der Waals surface area (Å²) >= 11 is 0. The van der Waals surface area contributed by atoms with Crippen LogP contribution in [0.15, 0.2) is 5.10 Å². The summed E-state index contributed by atoms with van der Waals surface area (Å²) in [5.74, 6) is -0.118. The fourth-order valence-electron chi connectivity index (χ4n) is 4.07. The van der Waals surface area contributed by atoms with Crippen LogP contribution in [0.1, 0.15) is 57.8 Å². The molecule has 0 unspecified atom stereocenters. The highest BCUT2D eigenvalue weighted by Gasteiger charge is 2.30. The average molecular weight is 364 g/mol. The van der Waals surface area contributed by atoms with Crippen molar-refractivity contribution < 1.29 is 14.3 Å². The van der Waals surface area contributed by atoms with Crippen molar-refractivity contribution in [3.05, 3.63) is 0 Å². The standard InChI is InChI=1S/C19H32N4O3/c24-18-7-6-17(20-21-18)19(25)23(16-8-14-26-15-9-16)13-5-12-22-10-3-1-2-4-11-22/h16H,1-15H2,(H,21,24). The molecule has 26 heavy (non-hydrogen) atoms. The third kappa shape index (κ3) is 5.51. The zero-order valence-electron chi connectivity index (χ0n) is 15.8. The van der Waals surface area contributed by atoms with Gasteiger partial charge in [0.1, 0.15) is 5.71 Å². The molecular formula is C19H32N4O3. The fourth-order valence-corrected chi connectivity index (χ4v) is 4.07. The van der Waals surface area contributed by atoms with Crippen LogP contribution in [0.3, 0.4) is 0 Å². The number of amides is 2. The Morgan fingerprint density at radius 1 is 1.15 bits per heavy atom. The number of nitrogens with zero attached hydrogens (tertiary/aromatic N) is 3. The summed E-state index contributed by atoms with van der Waals surface area (Å²) in [6.45, 7) is 5.60. The van der Waals surface area contributed by atoms with E-state index >= 15 is 0 Å². The number of ether oxygens (including phenoxy) is 1. The summed E-state index contributed by atoms with van der Waals surface area (Å²) in [7, 11) is 0. The van der Waals surface area contributed by atoms with Crippen molar-refractivity contribution in [1.29, 1.82) is 0 Å². The number of carbonyl (C=O) groups excluding carboxylic acids is 2. The van der Waals surface area contributed by atoms with Gasteiger partial charge in [0.05, 0.1) is 0 Å². The van der Waals surface area contributed by atoms with Crippen molar-refractivity contribution in [3.63, 3.8) is 0 Å². The molecule has 7 nitrogen and oxygen atoms in total. The number of rotatable bonds is 6. The first-order chi connectivity index (χ1) is 12.7. The first kappa shape index (κ1) is 19.3. The molecule has 3 heterocycles. The fraction of sp³-hybridized carbons (Fsp3) is 0.842. The van der Waals surface area contributed by atoms with Gasteiger partial charge in [0.15, 0.2) is 0 Å². The Balaban J connectivity index is 1.57. The number of nitrogens with one attached hydrogen (secondary N) is 1. The molecular weight excluding hydrogens is 332 g/mol. The normalized spacial score (nSPS) is 23.1. The molecule has 0 aromatic heterocycles. The van der Waals surface area contributed by atoms with Gasteiger partial charge >= 0.3 is 0 Å². The molecule has 2 fully saturated rings. The Morgan fingerprint density at radius 3 is 2.54 bits per heavy atom. The second-order valence-corrected chi connectivity index (χ2v) is 7.54. The SMILES string of the molecule is O=C1CCC(C(=O)N(CCCN2CCCCCC2)C2CCOCC2)=NN1. The minimum atomic E-state index is -0.111. The minimum Gasteiger partial charge on any atom is -0.381 e. The molecule has 0 spiro atoms. The molecule has 1 N–H and O–H groups in total. The molecule has 3 rings (SSSR count). The van der Waals surface area contributed by atoms with E-state index in [4.69, 9.17) is 4.74 Å². The summed E-state index contributed by atoms with van der Waals surface area (Å²) < 4.78 is 5.47. The average Bonchev–Trinajstić information content (AvgIpc) is 2.95. The zero-order chi connectivity index (χ0) is 18.2. The molecule has 146 valence electrons. The highest BCUT2D eigenvalue weighted by Crippen LogP contribution is 2.18. The predicted octanol–water partition coefficient (Wildman–Crippen LogP) is 1.53. The minimum absolute atomic E-state index is 0.00670. The van der Waals surface area contributed by atoms with Gasteiger partial charge in [0.25, 0.3) is 5.91 Å². The Kier molecular flexibility index (Phi) is 7.43. The van der Waals surface area contributed by atoms with Crippen molar-refractivity contribution in [2.75, 3.05) is 39.4 Å². The summed E-state index contributed by atoms with van der Waals surface area (Å²) in [6.07, 6.45) is 8.81. The van der Waals surface area contributed by atoms with E-state index in [1.807, 2.05) is 4.90 Å². The Morgan fingerprint density at radius 2 is 1.88 bits per heavy atom. The van der Waals surface area contributed by atoms with Crippen molar-refractivity contribution in [2.24, 2.45) is 5.10 Å². The number of hydrogen-bond acceptors (Lipinski definition) is 5. The molecule has 0 radical (unpaired) electrons. The Hall–Kier alpha value is -1.47. The summed E-state index contributed by atoms with van der Waals surface area (Å²) in [6, 6.07) is 0.223. The molecule has 0 atom stereocenters. The first-order valence-corrected chi connectivity index (χ1v) is 10.2. The van der Waals surface area contributed by atoms with Gasteiger partial charge in [-0.25, -0.2) is 5.43 Å². The van der Waals surface area contributed by atoms with E-state index in [-0.39, 0.29) is 17.9 Å². The summed E-state index contributed by atoms with van der Waals surface area (Å²) in [5, 5.41) is 4.02. The second kappa shape index (κ2) is 10.0. The van der Waals surface area contributed by atoms with E-state index in [0.717, 1.165) is 32.4 Å². The van der Waals surface area contributed by atoms with Crippen LogP contribution in [0.2, 0.25) is 0 Å². The van der Waals surface area contributed by atoms with Crippen molar-refractivity contribution in [3.8, 4) is 0 Å². The van der Waals surface area contributed by atoms with Crippen LogP contribution in [-0.4, -0.2) is 72.8 Å². The van der Waals surface area contributed by atoms with Crippen molar-refractivity contribution in [1.82, 2.24) is 15.2 Å². The zero-order valence-corrected chi connectivity index (χ0v) is 15.8. The molecule has 3 aliphatic rings. The number of hydrazone groups is 1. The van der Waals surface area contributed by atoms with Crippen LogP contribution in [0.4, 0.5) is 0 Å². The van der Waals surface area contributed by atoms with Gasteiger partial charge in [-0.15, -0.1) is 0 Å². The van der Waals surface area contributed by atoms with Gasteiger partial charge in [-0.1, -0.05) is 12.8 Å². The molecule has 0 aromatic carbocycles. The van der Waals surface area contributed by atoms with Crippen LogP contribution in [0.25, 0.3) is 0 Å². The third-order valence-electron chi connectivity index (χ3n) is 5.62. The van der Waals surface area contributed by atoms with Gasteiger partial charge in [-0.2, -0.15) is 5.10 Å². The van der Waals surface area contributed by atoms with Gasteiger partial charge in [-0.3, -0.25) is 9.59 Å². The molecule has 7 heteroatoms. The van der Waals surface area contributed by atoms with Crippen molar-refractivity contribution in [2.45, 2.75) is 63.8 Å². The lowest BCUT2D eigenvalue weighted by Gasteiger charge is -2.35. The maximum Gasteiger partial charge on any atom is 0.270 e. The van der Waals surface area contributed by atoms with Gasteiger partial charge in [0.2, 0.25) is 5.91 Å². The van der Waals surface area contributed by atoms with Crippen LogP contribution < -0.4 is 5.43 Å². The lowest BCUT2D eigenvalue weighted by atomic mass is 10.0. The predicted molar refractivity (Wildman–Crippen MR) is 99.9 cm³/mol. The van der Waals surface area contributed by atoms with Crippen LogP contribution >= 0.6 is 0 Å². The molecule has 2 saturated heterocycles. The molecule has 0 bridgehead atoms. The maximum atomic E-state index is 13.0. The largest absolute Gasteiger partial charge is 0.381 e. The highest BCUT2D eigenvalue weighted by molar-refractivity contribution is 6.39. The highest BCUT2D eigenvalue weighted by atomic mass is 16.5. The Bertz CT molecular complexity index is 509. The van der Waals surface area contributed by atoms with Gasteiger partial charge in [0, 0.05) is 38.6 Å². The third-order valence-corrected chi connectivity index (χ3v) is 5.62. The van der Waals surface area contributed by atoms with Crippen LogP contribution in [0, 0.1) is 0 Å². The van der Waals surface area contributed by atoms with Gasteiger partial charge in [-0.05, 0) is 51.7 Å². The smallest absolute Gasteiger partial charge is 0.270 e. The summed E-state index contributed by atoms with van der Waals surface area (Å²) in [4.78, 5) is 28.9. The number of carbonyl (C=O) groups is 2.